The van der Waals surface area contributed by atoms with Crippen molar-refractivity contribution in [1.29, 1.82) is 0 Å². The molecule has 1 aliphatic rings. The Hall–Kier alpha value is -0.800. The topological polar surface area (TPSA) is 33.7 Å². The van der Waals surface area contributed by atoms with Crippen LogP contribution in [0.4, 0.5) is 0 Å². The molecule has 1 heterocycles. The smallest absolute Gasteiger partial charge is 0.155 e. The largest absolute Gasteiger partial charge is 0.491 e. The van der Waals surface area contributed by atoms with Crippen LogP contribution in [0.25, 0.3) is 0 Å². The summed E-state index contributed by atoms with van der Waals surface area (Å²) in [5.74, 6) is 0.774. The predicted molar refractivity (Wildman–Crippen MR) is 68.5 cm³/mol. The van der Waals surface area contributed by atoms with Crippen LogP contribution >= 0.6 is 0 Å². The van der Waals surface area contributed by atoms with Crippen molar-refractivity contribution in [2.45, 2.75) is 38.3 Å². The van der Waals surface area contributed by atoms with Gasteiger partial charge in [0.2, 0.25) is 0 Å². The first-order valence-electron chi connectivity index (χ1n) is 6.22. The number of ether oxygens (including phenoxy) is 2. The SMILES string of the molecule is C=C=C(OC)[C@H](CC)NN1CCC[C@H]1COC. The van der Waals surface area contributed by atoms with Gasteiger partial charge in [0.05, 0.1) is 19.8 Å². The van der Waals surface area contributed by atoms with Crippen LogP contribution in [0.2, 0.25) is 0 Å². The van der Waals surface area contributed by atoms with Crippen LogP contribution < -0.4 is 5.43 Å². The van der Waals surface area contributed by atoms with Crippen LogP contribution in [-0.4, -0.2) is 44.5 Å². The Morgan fingerprint density at radius 2 is 2.35 bits per heavy atom. The summed E-state index contributed by atoms with van der Waals surface area (Å²) >= 11 is 0. The second-order valence-electron chi connectivity index (χ2n) is 4.28. The lowest BCUT2D eigenvalue weighted by Gasteiger charge is -2.29. The lowest BCUT2D eigenvalue weighted by atomic mass is 10.2. The van der Waals surface area contributed by atoms with E-state index in [4.69, 9.17) is 9.47 Å². The zero-order chi connectivity index (χ0) is 12.7. The Morgan fingerprint density at radius 1 is 1.59 bits per heavy atom. The molecule has 0 bridgehead atoms. The molecule has 1 fully saturated rings. The van der Waals surface area contributed by atoms with Gasteiger partial charge >= 0.3 is 0 Å². The van der Waals surface area contributed by atoms with Crippen LogP contribution in [0, 0.1) is 0 Å². The van der Waals surface area contributed by atoms with Crippen LogP contribution in [0.5, 0.6) is 0 Å². The van der Waals surface area contributed by atoms with Crippen molar-refractivity contribution in [2.24, 2.45) is 0 Å². The fourth-order valence-electron chi connectivity index (χ4n) is 2.24. The molecule has 0 saturated carbocycles. The summed E-state index contributed by atoms with van der Waals surface area (Å²) in [5, 5.41) is 2.26. The first-order valence-corrected chi connectivity index (χ1v) is 6.22. The number of hydrazine groups is 1. The molecule has 0 aromatic rings. The van der Waals surface area contributed by atoms with Crippen molar-refractivity contribution in [3.05, 3.63) is 18.1 Å². The number of methoxy groups -OCH3 is 2. The summed E-state index contributed by atoms with van der Waals surface area (Å²) in [6, 6.07) is 0.604. The van der Waals surface area contributed by atoms with Gasteiger partial charge in [-0.05, 0) is 19.3 Å². The molecule has 1 saturated heterocycles. The lowest BCUT2D eigenvalue weighted by Crippen LogP contribution is -2.49. The number of hydrogen-bond donors (Lipinski definition) is 1. The maximum Gasteiger partial charge on any atom is 0.155 e. The summed E-state index contributed by atoms with van der Waals surface area (Å²) in [7, 11) is 3.41. The van der Waals surface area contributed by atoms with E-state index < -0.39 is 0 Å². The molecule has 2 atom stereocenters. The van der Waals surface area contributed by atoms with Gasteiger partial charge in [-0.25, -0.2) is 10.4 Å². The third kappa shape index (κ3) is 3.86. The number of nitrogens with one attached hydrogen (secondary N) is 1. The third-order valence-corrected chi connectivity index (χ3v) is 3.18. The molecule has 17 heavy (non-hydrogen) atoms. The molecular weight excluding hydrogens is 216 g/mol. The number of rotatable bonds is 7. The number of hydrogen-bond acceptors (Lipinski definition) is 4. The van der Waals surface area contributed by atoms with Gasteiger partial charge in [-0.2, -0.15) is 0 Å². The lowest BCUT2D eigenvalue weighted by molar-refractivity contribution is 0.0662. The Kier molecular flexibility index (Phi) is 6.30. The standard InChI is InChI=1S/C13H24N2O2/c1-5-12(13(6-2)17-4)14-15-9-7-8-11(15)10-16-3/h11-12,14H,2,5,7-10H2,1,3-4H3/t11-,12-/m0/s1. The van der Waals surface area contributed by atoms with E-state index in [0.29, 0.717) is 6.04 Å². The van der Waals surface area contributed by atoms with Crippen LogP contribution in [0.15, 0.2) is 18.1 Å². The number of nitrogens with zero attached hydrogens (tertiary/aromatic N) is 1. The minimum Gasteiger partial charge on any atom is -0.491 e. The minimum absolute atomic E-state index is 0.148. The fourth-order valence-corrected chi connectivity index (χ4v) is 2.24. The van der Waals surface area contributed by atoms with Gasteiger partial charge in [0.25, 0.3) is 0 Å². The van der Waals surface area contributed by atoms with Gasteiger partial charge in [-0.1, -0.05) is 19.2 Å². The van der Waals surface area contributed by atoms with Crippen LogP contribution in [0.3, 0.4) is 0 Å². The average molecular weight is 240 g/mol. The van der Waals surface area contributed by atoms with Gasteiger partial charge in [-0.15, -0.1) is 0 Å². The summed E-state index contributed by atoms with van der Waals surface area (Å²) in [4.78, 5) is 0. The van der Waals surface area contributed by atoms with Gasteiger partial charge in [0, 0.05) is 19.7 Å². The van der Waals surface area contributed by atoms with Gasteiger partial charge in [-0.3, -0.25) is 0 Å². The van der Waals surface area contributed by atoms with Crippen molar-refractivity contribution < 1.29 is 9.47 Å². The molecule has 1 aliphatic heterocycles. The maximum absolute atomic E-state index is 5.28. The van der Waals surface area contributed by atoms with E-state index in [1.54, 1.807) is 14.2 Å². The van der Waals surface area contributed by atoms with E-state index in [9.17, 15) is 0 Å². The van der Waals surface area contributed by atoms with Crippen molar-refractivity contribution in [2.75, 3.05) is 27.4 Å². The van der Waals surface area contributed by atoms with Gasteiger partial charge < -0.3 is 9.47 Å². The summed E-state index contributed by atoms with van der Waals surface area (Å²) in [6.07, 6.45) is 3.33. The summed E-state index contributed by atoms with van der Waals surface area (Å²) < 4.78 is 10.5. The molecule has 0 spiro atoms. The van der Waals surface area contributed by atoms with Crippen molar-refractivity contribution >= 4 is 0 Å². The molecule has 0 aromatic heterocycles. The molecular formula is C13H24N2O2. The van der Waals surface area contributed by atoms with E-state index >= 15 is 0 Å². The summed E-state index contributed by atoms with van der Waals surface area (Å²) in [6.45, 7) is 7.60. The minimum atomic E-state index is 0.148. The first-order chi connectivity index (χ1) is 8.26. The molecule has 0 amide bonds. The summed E-state index contributed by atoms with van der Waals surface area (Å²) in [5.41, 5.74) is 6.34. The second-order valence-corrected chi connectivity index (χ2v) is 4.28. The second kappa shape index (κ2) is 7.51. The third-order valence-electron chi connectivity index (χ3n) is 3.18. The molecule has 0 aromatic carbocycles. The average Bonchev–Trinajstić information content (AvgIpc) is 2.77. The molecule has 4 heteroatoms. The van der Waals surface area contributed by atoms with Gasteiger partial charge in [0.1, 0.15) is 0 Å². The highest BCUT2D eigenvalue weighted by Gasteiger charge is 2.27. The Bertz CT molecular complexity index is 275. The molecule has 0 aliphatic carbocycles. The molecule has 1 N–H and O–H groups in total. The molecule has 1 rings (SSSR count). The normalized spacial score (nSPS) is 22.2. The van der Waals surface area contributed by atoms with Crippen molar-refractivity contribution in [3.63, 3.8) is 0 Å². The zero-order valence-corrected chi connectivity index (χ0v) is 11.2. The molecule has 0 unspecified atom stereocenters. The molecule has 0 radical (unpaired) electrons. The Labute approximate surface area is 104 Å². The van der Waals surface area contributed by atoms with E-state index in [1.165, 1.54) is 12.8 Å². The zero-order valence-electron chi connectivity index (χ0n) is 11.2. The van der Waals surface area contributed by atoms with E-state index in [2.05, 4.69) is 29.7 Å². The highest BCUT2D eigenvalue weighted by atomic mass is 16.5. The molecule has 98 valence electrons. The van der Waals surface area contributed by atoms with Crippen LogP contribution in [0.1, 0.15) is 26.2 Å². The molecule has 4 nitrogen and oxygen atoms in total. The monoisotopic (exact) mass is 240 g/mol. The van der Waals surface area contributed by atoms with Crippen LogP contribution in [-0.2, 0) is 9.47 Å². The fraction of sp³-hybridized carbons (Fsp3) is 0.769. The van der Waals surface area contributed by atoms with Crippen molar-refractivity contribution in [1.82, 2.24) is 10.4 Å². The Balaban J connectivity index is 2.58. The van der Waals surface area contributed by atoms with E-state index in [0.717, 1.165) is 25.3 Å². The first kappa shape index (κ1) is 14.3. The van der Waals surface area contributed by atoms with E-state index in [1.807, 2.05) is 0 Å². The van der Waals surface area contributed by atoms with Gasteiger partial charge in [0.15, 0.2) is 5.76 Å². The highest BCUT2D eigenvalue weighted by Crippen LogP contribution is 2.17. The van der Waals surface area contributed by atoms with E-state index in [-0.39, 0.29) is 6.04 Å². The quantitative estimate of drug-likeness (QED) is 0.542. The maximum atomic E-state index is 5.28. The predicted octanol–water partition coefficient (Wildman–Crippen LogP) is 1.70. The highest BCUT2D eigenvalue weighted by molar-refractivity contribution is 5.00. The van der Waals surface area contributed by atoms with Crippen molar-refractivity contribution in [3.8, 4) is 0 Å². The Morgan fingerprint density at radius 3 is 2.88 bits per heavy atom.